The molecule has 0 spiro atoms. The van der Waals surface area contributed by atoms with Crippen molar-refractivity contribution >= 4 is 17.3 Å². The van der Waals surface area contributed by atoms with Crippen molar-refractivity contribution in [2.75, 3.05) is 18.1 Å². The van der Waals surface area contributed by atoms with Gasteiger partial charge < -0.3 is 9.64 Å². The number of anilines is 1. The number of para-hydroxylation sites is 1. The number of hydrogen-bond acceptors (Lipinski definition) is 4. The number of non-ortho nitro benzene ring substituents is 1. The van der Waals surface area contributed by atoms with Gasteiger partial charge in [-0.3, -0.25) is 14.9 Å². The molecule has 3 rings (SSSR count). The highest BCUT2D eigenvalue weighted by molar-refractivity contribution is 5.96. The molecule has 1 heterocycles. The van der Waals surface area contributed by atoms with Gasteiger partial charge in [-0.15, -0.1) is 0 Å². The molecule has 0 radical (unpaired) electrons. The molecule has 6 heteroatoms. The van der Waals surface area contributed by atoms with Crippen LogP contribution in [0.5, 0.6) is 5.75 Å². The molecule has 1 aliphatic rings. The van der Waals surface area contributed by atoms with Crippen LogP contribution in [0.25, 0.3) is 0 Å². The minimum atomic E-state index is -0.446. The van der Waals surface area contributed by atoms with Gasteiger partial charge in [0.1, 0.15) is 5.75 Å². The summed E-state index contributed by atoms with van der Waals surface area (Å²) in [7, 11) is 0. The molecule has 6 nitrogen and oxygen atoms in total. The standard InChI is InChI=1S/C17H16N2O4/c20-17(12-23-15-6-2-1-3-7-15)18-10-4-5-13-8-9-14(19(21)22)11-16(13)18/h1-3,6-9,11H,4-5,10,12H2. The third-order valence-electron chi connectivity index (χ3n) is 3.80. The Balaban J connectivity index is 1.77. The van der Waals surface area contributed by atoms with E-state index in [1.807, 2.05) is 18.2 Å². The van der Waals surface area contributed by atoms with Crippen LogP contribution in [0.3, 0.4) is 0 Å². The normalized spacial score (nSPS) is 13.3. The lowest BCUT2D eigenvalue weighted by Gasteiger charge is -2.29. The minimum Gasteiger partial charge on any atom is -0.484 e. The van der Waals surface area contributed by atoms with Crippen LogP contribution in [0, 0.1) is 10.1 Å². The van der Waals surface area contributed by atoms with E-state index in [9.17, 15) is 14.9 Å². The van der Waals surface area contributed by atoms with Gasteiger partial charge in [0.05, 0.1) is 10.6 Å². The SMILES string of the molecule is O=C(COc1ccccc1)N1CCCc2ccc([N+](=O)[O-])cc21. The Hall–Kier alpha value is -2.89. The number of nitrogens with zero attached hydrogens (tertiary/aromatic N) is 2. The number of rotatable bonds is 4. The molecule has 0 fully saturated rings. The lowest BCUT2D eigenvalue weighted by atomic mass is 10.0. The maximum Gasteiger partial charge on any atom is 0.271 e. The van der Waals surface area contributed by atoms with Crippen LogP contribution >= 0.6 is 0 Å². The van der Waals surface area contributed by atoms with Gasteiger partial charge in [0.25, 0.3) is 11.6 Å². The van der Waals surface area contributed by atoms with Gasteiger partial charge in [-0.2, -0.15) is 0 Å². The van der Waals surface area contributed by atoms with Gasteiger partial charge in [-0.05, 0) is 30.5 Å². The molecule has 0 saturated carbocycles. The average molecular weight is 312 g/mol. The summed E-state index contributed by atoms with van der Waals surface area (Å²) in [5.41, 5.74) is 1.56. The number of benzene rings is 2. The van der Waals surface area contributed by atoms with Gasteiger partial charge in [0.2, 0.25) is 0 Å². The van der Waals surface area contributed by atoms with E-state index in [0.717, 1.165) is 18.4 Å². The first-order valence-corrected chi connectivity index (χ1v) is 7.40. The number of carbonyl (C=O) groups is 1. The van der Waals surface area contributed by atoms with Crippen LogP contribution in [0.15, 0.2) is 48.5 Å². The van der Waals surface area contributed by atoms with E-state index in [1.165, 1.54) is 12.1 Å². The molecule has 2 aromatic carbocycles. The first-order valence-electron chi connectivity index (χ1n) is 7.40. The molecule has 2 aromatic rings. The molecule has 0 unspecified atom stereocenters. The quantitative estimate of drug-likeness (QED) is 0.642. The summed E-state index contributed by atoms with van der Waals surface area (Å²) in [5, 5.41) is 11.0. The highest BCUT2D eigenvalue weighted by atomic mass is 16.6. The summed E-state index contributed by atoms with van der Waals surface area (Å²) in [5.74, 6) is 0.424. The van der Waals surface area contributed by atoms with Crippen molar-refractivity contribution in [2.24, 2.45) is 0 Å². The minimum absolute atomic E-state index is 0.00701. The Bertz CT molecular complexity index is 731. The van der Waals surface area contributed by atoms with Gasteiger partial charge in [0.15, 0.2) is 6.61 Å². The first-order chi connectivity index (χ1) is 11.1. The molecule has 0 N–H and O–H groups in total. The van der Waals surface area contributed by atoms with Crippen molar-refractivity contribution in [1.82, 2.24) is 0 Å². The number of fused-ring (bicyclic) bond motifs is 1. The summed E-state index contributed by atoms with van der Waals surface area (Å²) < 4.78 is 5.49. The molecule has 23 heavy (non-hydrogen) atoms. The van der Waals surface area contributed by atoms with Crippen LogP contribution in [-0.4, -0.2) is 24.0 Å². The first kappa shape index (κ1) is 15.0. The molecule has 0 aromatic heterocycles. The summed E-state index contributed by atoms with van der Waals surface area (Å²) >= 11 is 0. The summed E-state index contributed by atoms with van der Waals surface area (Å²) in [4.78, 5) is 24.5. The second-order valence-electron chi connectivity index (χ2n) is 5.32. The van der Waals surface area contributed by atoms with Crippen LogP contribution in [0.2, 0.25) is 0 Å². The Labute approximate surface area is 133 Å². The molecule has 0 atom stereocenters. The second-order valence-corrected chi connectivity index (χ2v) is 5.32. The van der Waals surface area contributed by atoms with Gasteiger partial charge >= 0.3 is 0 Å². The molecular weight excluding hydrogens is 296 g/mol. The number of aryl methyl sites for hydroxylation is 1. The van der Waals surface area contributed by atoms with E-state index in [4.69, 9.17) is 4.74 Å². The monoisotopic (exact) mass is 312 g/mol. The molecule has 1 amide bonds. The highest BCUT2D eigenvalue weighted by Gasteiger charge is 2.25. The Morgan fingerprint density at radius 1 is 1.22 bits per heavy atom. The zero-order chi connectivity index (χ0) is 16.2. The Morgan fingerprint density at radius 2 is 2.00 bits per heavy atom. The number of amides is 1. The van der Waals surface area contributed by atoms with E-state index in [2.05, 4.69) is 0 Å². The molecule has 0 aliphatic carbocycles. The van der Waals surface area contributed by atoms with Gasteiger partial charge in [-0.25, -0.2) is 0 Å². The fourth-order valence-corrected chi connectivity index (χ4v) is 2.68. The smallest absolute Gasteiger partial charge is 0.271 e. The van der Waals surface area contributed by atoms with Crippen molar-refractivity contribution in [3.05, 3.63) is 64.2 Å². The number of nitro groups is 1. The zero-order valence-electron chi connectivity index (χ0n) is 12.5. The topological polar surface area (TPSA) is 72.7 Å². The molecule has 0 saturated heterocycles. The van der Waals surface area contributed by atoms with Gasteiger partial charge in [0, 0.05) is 18.7 Å². The molecule has 118 valence electrons. The lowest BCUT2D eigenvalue weighted by Crippen LogP contribution is -2.38. The van der Waals surface area contributed by atoms with Crippen LogP contribution in [0.1, 0.15) is 12.0 Å². The van der Waals surface area contributed by atoms with E-state index >= 15 is 0 Å². The highest BCUT2D eigenvalue weighted by Crippen LogP contribution is 2.31. The Morgan fingerprint density at radius 3 is 2.74 bits per heavy atom. The largest absolute Gasteiger partial charge is 0.484 e. The lowest BCUT2D eigenvalue weighted by molar-refractivity contribution is -0.384. The number of nitro benzene ring substituents is 1. The second kappa shape index (κ2) is 6.48. The number of carbonyl (C=O) groups excluding carboxylic acids is 1. The summed E-state index contributed by atoms with van der Waals surface area (Å²) in [6.45, 7) is 0.456. The third-order valence-corrected chi connectivity index (χ3v) is 3.80. The fraction of sp³-hybridized carbons (Fsp3) is 0.235. The van der Waals surface area contributed by atoms with Gasteiger partial charge in [-0.1, -0.05) is 24.3 Å². The van der Waals surface area contributed by atoms with Crippen molar-refractivity contribution in [2.45, 2.75) is 12.8 Å². The van der Waals surface area contributed by atoms with Crippen molar-refractivity contribution < 1.29 is 14.5 Å². The van der Waals surface area contributed by atoms with E-state index in [1.54, 1.807) is 23.1 Å². The predicted molar refractivity (Wildman–Crippen MR) is 85.7 cm³/mol. The van der Waals surface area contributed by atoms with Crippen LogP contribution in [0.4, 0.5) is 11.4 Å². The third kappa shape index (κ3) is 3.31. The number of ether oxygens (including phenoxy) is 1. The molecular formula is C17H16N2O4. The molecule has 1 aliphatic heterocycles. The maximum atomic E-state index is 12.4. The van der Waals surface area contributed by atoms with Crippen molar-refractivity contribution in [1.29, 1.82) is 0 Å². The zero-order valence-corrected chi connectivity index (χ0v) is 12.5. The fourth-order valence-electron chi connectivity index (χ4n) is 2.68. The molecule has 0 bridgehead atoms. The average Bonchev–Trinajstić information content (AvgIpc) is 2.59. The van der Waals surface area contributed by atoms with E-state index in [-0.39, 0.29) is 18.2 Å². The van der Waals surface area contributed by atoms with Crippen LogP contribution < -0.4 is 9.64 Å². The van der Waals surface area contributed by atoms with Crippen LogP contribution in [-0.2, 0) is 11.2 Å². The van der Waals surface area contributed by atoms with E-state index < -0.39 is 4.92 Å². The Kier molecular flexibility index (Phi) is 4.23. The van der Waals surface area contributed by atoms with Crippen molar-refractivity contribution in [3.8, 4) is 5.75 Å². The van der Waals surface area contributed by atoms with E-state index in [0.29, 0.717) is 18.0 Å². The summed E-state index contributed by atoms with van der Waals surface area (Å²) in [6, 6.07) is 13.8. The maximum absolute atomic E-state index is 12.4. The number of hydrogen-bond donors (Lipinski definition) is 0. The van der Waals surface area contributed by atoms with Crippen molar-refractivity contribution in [3.63, 3.8) is 0 Å². The summed E-state index contributed by atoms with van der Waals surface area (Å²) in [6.07, 6.45) is 1.65. The predicted octanol–water partition coefficient (Wildman–Crippen LogP) is 2.95.